The van der Waals surface area contributed by atoms with Crippen LogP contribution in [0.1, 0.15) is 36.6 Å². The van der Waals surface area contributed by atoms with Gasteiger partial charge in [-0.3, -0.25) is 9.69 Å². The third-order valence-corrected chi connectivity index (χ3v) is 5.37. The number of rotatable bonds is 5. The fourth-order valence-corrected chi connectivity index (χ4v) is 3.88. The fourth-order valence-electron chi connectivity index (χ4n) is 3.88. The Morgan fingerprint density at radius 2 is 2.07 bits per heavy atom. The van der Waals surface area contributed by atoms with E-state index in [-0.39, 0.29) is 12.0 Å². The van der Waals surface area contributed by atoms with E-state index in [9.17, 15) is 4.79 Å². The Morgan fingerprint density at radius 3 is 2.89 bits per heavy atom. The van der Waals surface area contributed by atoms with Crippen molar-refractivity contribution in [2.24, 2.45) is 0 Å². The average Bonchev–Trinajstić information content (AvgIpc) is 3.17. The Bertz CT molecular complexity index is 796. The lowest BCUT2D eigenvalue weighted by atomic mass is 10.1. The molecule has 6 heteroatoms. The SMILES string of the molecule is CCC(=O)N1CC[C@H](Oc2ncnc3c2CN(Cc2ccccc2)CC3)C1. The second-order valence-electron chi connectivity index (χ2n) is 7.27. The number of ether oxygens (including phenoxy) is 1. The van der Waals surface area contributed by atoms with Crippen LogP contribution in [0.2, 0.25) is 0 Å². The van der Waals surface area contributed by atoms with Crippen LogP contribution in [0.4, 0.5) is 0 Å². The lowest BCUT2D eigenvalue weighted by Crippen LogP contribution is -2.33. The molecule has 0 aliphatic carbocycles. The summed E-state index contributed by atoms with van der Waals surface area (Å²) in [7, 11) is 0. The zero-order valence-corrected chi connectivity index (χ0v) is 15.8. The number of carbonyl (C=O) groups excluding carboxylic acids is 1. The molecular formula is C21H26N4O2. The van der Waals surface area contributed by atoms with Crippen LogP contribution in [0.15, 0.2) is 36.7 Å². The van der Waals surface area contributed by atoms with Gasteiger partial charge in [-0.2, -0.15) is 0 Å². The number of aromatic nitrogens is 2. The molecule has 6 nitrogen and oxygen atoms in total. The molecule has 4 rings (SSSR count). The zero-order valence-electron chi connectivity index (χ0n) is 15.8. The minimum absolute atomic E-state index is 0.0176. The molecule has 1 saturated heterocycles. The topological polar surface area (TPSA) is 58.6 Å². The third-order valence-electron chi connectivity index (χ3n) is 5.37. The molecule has 1 atom stereocenters. The standard InChI is InChI=1S/C21H26N4O2/c1-2-20(26)25-11-8-17(13-25)27-21-18-14-24(10-9-19(18)22-15-23-21)12-16-6-4-3-5-7-16/h3-7,15,17H,2,8-14H2,1H3/t17-/m0/s1. The van der Waals surface area contributed by atoms with Gasteiger partial charge < -0.3 is 9.64 Å². The number of carbonyl (C=O) groups is 1. The summed E-state index contributed by atoms with van der Waals surface area (Å²) in [5.41, 5.74) is 3.49. The lowest BCUT2D eigenvalue weighted by Gasteiger charge is -2.29. The van der Waals surface area contributed by atoms with Crippen molar-refractivity contribution in [1.82, 2.24) is 19.8 Å². The lowest BCUT2D eigenvalue weighted by molar-refractivity contribution is -0.130. The predicted octanol–water partition coefficient (Wildman–Crippen LogP) is 2.42. The molecule has 3 heterocycles. The van der Waals surface area contributed by atoms with Gasteiger partial charge in [-0.15, -0.1) is 0 Å². The smallest absolute Gasteiger partial charge is 0.222 e. The molecule has 2 aliphatic rings. The third kappa shape index (κ3) is 4.11. The second-order valence-corrected chi connectivity index (χ2v) is 7.27. The summed E-state index contributed by atoms with van der Waals surface area (Å²) in [5, 5.41) is 0. The van der Waals surface area contributed by atoms with E-state index in [4.69, 9.17) is 4.74 Å². The van der Waals surface area contributed by atoms with Crippen LogP contribution in [-0.2, 0) is 24.3 Å². The summed E-state index contributed by atoms with van der Waals surface area (Å²) in [6.45, 7) is 6.02. The summed E-state index contributed by atoms with van der Waals surface area (Å²) in [4.78, 5) is 25.1. The van der Waals surface area contributed by atoms with Crippen LogP contribution in [0.5, 0.6) is 5.88 Å². The van der Waals surface area contributed by atoms with E-state index in [2.05, 4.69) is 39.1 Å². The Hall–Kier alpha value is -2.47. The van der Waals surface area contributed by atoms with Crippen molar-refractivity contribution in [3.05, 3.63) is 53.5 Å². The minimum atomic E-state index is 0.0176. The predicted molar refractivity (Wildman–Crippen MR) is 102 cm³/mol. The summed E-state index contributed by atoms with van der Waals surface area (Å²) < 4.78 is 6.23. The summed E-state index contributed by atoms with van der Waals surface area (Å²) in [6.07, 6.45) is 3.93. The van der Waals surface area contributed by atoms with Gasteiger partial charge in [0.15, 0.2) is 0 Å². The van der Waals surface area contributed by atoms with Crippen LogP contribution >= 0.6 is 0 Å². The molecule has 1 amide bonds. The first kappa shape index (κ1) is 17.9. The van der Waals surface area contributed by atoms with Gasteiger partial charge in [0.2, 0.25) is 11.8 Å². The van der Waals surface area contributed by atoms with Crippen molar-refractivity contribution < 1.29 is 9.53 Å². The normalized spacial score (nSPS) is 19.7. The quantitative estimate of drug-likeness (QED) is 0.813. The highest BCUT2D eigenvalue weighted by Gasteiger charge is 2.29. The number of nitrogens with zero attached hydrogens (tertiary/aromatic N) is 4. The number of hydrogen-bond acceptors (Lipinski definition) is 5. The van der Waals surface area contributed by atoms with Gasteiger partial charge in [0, 0.05) is 51.0 Å². The first-order valence-corrected chi connectivity index (χ1v) is 9.76. The molecule has 0 unspecified atom stereocenters. The molecule has 0 N–H and O–H groups in total. The van der Waals surface area contributed by atoms with Gasteiger partial charge >= 0.3 is 0 Å². The average molecular weight is 366 g/mol. The van der Waals surface area contributed by atoms with Crippen molar-refractivity contribution in [3.63, 3.8) is 0 Å². The van der Waals surface area contributed by atoms with Gasteiger partial charge in [0.1, 0.15) is 12.4 Å². The Morgan fingerprint density at radius 1 is 1.22 bits per heavy atom. The van der Waals surface area contributed by atoms with Crippen molar-refractivity contribution in [2.75, 3.05) is 19.6 Å². The Kier molecular flexibility index (Phi) is 5.34. The maximum Gasteiger partial charge on any atom is 0.222 e. The molecule has 0 bridgehead atoms. The summed E-state index contributed by atoms with van der Waals surface area (Å²) >= 11 is 0. The number of fused-ring (bicyclic) bond motifs is 1. The molecule has 0 saturated carbocycles. The molecule has 0 radical (unpaired) electrons. The van der Waals surface area contributed by atoms with E-state index < -0.39 is 0 Å². The number of benzene rings is 1. The minimum Gasteiger partial charge on any atom is -0.472 e. The second kappa shape index (κ2) is 8.05. The van der Waals surface area contributed by atoms with Crippen LogP contribution < -0.4 is 4.74 Å². The van der Waals surface area contributed by atoms with Crippen LogP contribution in [0, 0.1) is 0 Å². The van der Waals surface area contributed by atoms with Crippen molar-refractivity contribution >= 4 is 5.91 Å². The zero-order chi connectivity index (χ0) is 18.6. The Labute approximate surface area is 160 Å². The largest absolute Gasteiger partial charge is 0.472 e. The first-order chi connectivity index (χ1) is 13.2. The van der Waals surface area contributed by atoms with Gasteiger partial charge in [-0.1, -0.05) is 37.3 Å². The molecule has 2 aliphatic heterocycles. The van der Waals surface area contributed by atoms with E-state index in [1.54, 1.807) is 6.33 Å². The highest BCUT2D eigenvalue weighted by atomic mass is 16.5. The number of likely N-dealkylation sites (tertiary alicyclic amines) is 1. The van der Waals surface area contributed by atoms with Crippen LogP contribution in [0.25, 0.3) is 0 Å². The summed E-state index contributed by atoms with van der Waals surface area (Å²) in [6, 6.07) is 10.5. The van der Waals surface area contributed by atoms with Gasteiger partial charge in [-0.25, -0.2) is 9.97 Å². The van der Waals surface area contributed by atoms with Gasteiger partial charge in [0.25, 0.3) is 0 Å². The number of amides is 1. The van der Waals surface area contributed by atoms with E-state index in [0.717, 1.165) is 50.3 Å². The van der Waals surface area contributed by atoms with E-state index >= 15 is 0 Å². The highest BCUT2D eigenvalue weighted by molar-refractivity contribution is 5.76. The van der Waals surface area contributed by atoms with Crippen LogP contribution in [-0.4, -0.2) is 51.4 Å². The van der Waals surface area contributed by atoms with Crippen LogP contribution in [0.3, 0.4) is 0 Å². The molecule has 1 fully saturated rings. The van der Waals surface area contributed by atoms with Gasteiger partial charge in [-0.05, 0) is 5.56 Å². The molecule has 1 aromatic heterocycles. The molecule has 1 aromatic carbocycles. The molecule has 2 aromatic rings. The van der Waals surface area contributed by atoms with Crippen molar-refractivity contribution in [1.29, 1.82) is 0 Å². The maximum atomic E-state index is 11.9. The molecular weight excluding hydrogens is 340 g/mol. The molecule has 0 spiro atoms. The monoisotopic (exact) mass is 366 g/mol. The molecule has 142 valence electrons. The maximum absolute atomic E-state index is 11.9. The highest BCUT2D eigenvalue weighted by Crippen LogP contribution is 2.27. The summed E-state index contributed by atoms with van der Waals surface area (Å²) in [5.74, 6) is 0.883. The van der Waals surface area contributed by atoms with E-state index in [1.165, 1.54) is 5.56 Å². The van der Waals surface area contributed by atoms with E-state index in [0.29, 0.717) is 18.8 Å². The molecule has 27 heavy (non-hydrogen) atoms. The fraction of sp³-hybridized carbons (Fsp3) is 0.476. The Balaban J connectivity index is 1.45. The van der Waals surface area contributed by atoms with E-state index in [1.807, 2.05) is 17.9 Å². The first-order valence-electron chi connectivity index (χ1n) is 9.76. The van der Waals surface area contributed by atoms with Gasteiger partial charge in [0.05, 0.1) is 12.2 Å². The number of hydrogen-bond donors (Lipinski definition) is 0. The van der Waals surface area contributed by atoms with Crippen molar-refractivity contribution in [3.8, 4) is 5.88 Å². The van der Waals surface area contributed by atoms with Crippen molar-refractivity contribution in [2.45, 2.75) is 45.4 Å².